The molecule has 0 atom stereocenters. The molecule has 0 aliphatic carbocycles. The second-order valence-corrected chi connectivity index (χ2v) is 4.08. The Morgan fingerprint density at radius 2 is 1.82 bits per heavy atom. The molecule has 3 rings (SSSR count). The summed E-state index contributed by atoms with van der Waals surface area (Å²) >= 11 is 0. The van der Waals surface area contributed by atoms with E-state index in [9.17, 15) is 9.59 Å². The zero-order valence-electron chi connectivity index (χ0n) is 9.12. The van der Waals surface area contributed by atoms with Gasteiger partial charge in [-0.2, -0.15) is 0 Å². The van der Waals surface area contributed by atoms with Crippen molar-refractivity contribution in [2.45, 2.75) is 13.0 Å². The van der Waals surface area contributed by atoms with Gasteiger partial charge in [0.25, 0.3) is 0 Å². The SMILES string of the molecule is O=c1[nH][nH]c(=O)n1-c1ccc2c(c1)CNCC2. The van der Waals surface area contributed by atoms with Gasteiger partial charge in [-0.05, 0) is 36.2 Å². The Hall–Kier alpha value is -2.08. The smallest absolute Gasteiger partial charge is 0.312 e. The maximum Gasteiger partial charge on any atom is 0.348 e. The van der Waals surface area contributed by atoms with E-state index < -0.39 is 11.4 Å². The summed E-state index contributed by atoms with van der Waals surface area (Å²) in [7, 11) is 0. The molecule has 3 N–H and O–H groups in total. The summed E-state index contributed by atoms with van der Waals surface area (Å²) in [6, 6.07) is 5.66. The molecule has 2 heterocycles. The lowest BCUT2D eigenvalue weighted by Gasteiger charge is -2.17. The minimum atomic E-state index is -0.446. The van der Waals surface area contributed by atoms with Crippen LogP contribution in [0, 0.1) is 0 Å². The van der Waals surface area contributed by atoms with E-state index in [0.717, 1.165) is 29.6 Å². The number of fused-ring (bicyclic) bond motifs is 1. The number of nitrogens with zero attached hydrogens (tertiary/aromatic N) is 1. The van der Waals surface area contributed by atoms with Crippen LogP contribution in [-0.2, 0) is 13.0 Å². The molecule has 0 spiro atoms. The molecule has 0 radical (unpaired) electrons. The van der Waals surface area contributed by atoms with Gasteiger partial charge in [0.1, 0.15) is 0 Å². The van der Waals surface area contributed by atoms with E-state index >= 15 is 0 Å². The molecule has 0 saturated carbocycles. The van der Waals surface area contributed by atoms with Crippen molar-refractivity contribution in [3.8, 4) is 5.69 Å². The van der Waals surface area contributed by atoms with Crippen molar-refractivity contribution in [3.63, 3.8) is 0 Å². The molecule has 1 aliphatic rings. The minimum absolute atomic E-state index is 0.446. The van der Waals surface area contributed by atoms with Crippen molar-refractivity contribution < 1.29 is 0 Å². The number of benzene rings is 1. The Morgan fingerprint density at radius 3 is 2.59 bits per heavy atom. The third-order valence-electron chi connectivity index (χ3n) is 3.02. The monoisotopic (exact) mass is 232 g/mol. The second kappa shape index (κ2) is 3.74. The van der Waals surface area contributed by atoms with Crippen LogP contribution < -0.4 is 16.7 Å². The highest BCUT2D eigenvalue weighted by molar-refractivity contribution is 5.41. The first kappa shape index (κ1) is 10.1. The molecule has 0 bridgehead atoms. The summed E-state index contributed by atoms with van der Waals surface area (Å²) in [5.74, 6) is 0. The van der Waals surface area contributed by atoms with E-state index in [0.29, 0.717) is 5.69 Å². The van der Waals surface area contributed by atoms with Crippen molar-refractivity contribution >= 4 is 0 Å². The zero-order chi connectivity index (χ0) is 11.8. The molecular weight excluding hydrogens is 220 g/mol. The first-order valence-corrected chi connectivity index (χ1v) is 5.48. The average Bonchev–Trinajstić information content (AvgIpc) is 2.68. The number of H-pyrrole nitrogens is 2. The summed E-state index contributed by atoms with van der Waals surface area (Å²) in [6.07, 6.45) is 0.980. The lowest BCUT2D eigenvalue weighted by atomic mass is 10.0. The van der Waals surface area contributed by atoms with Crippen LogP contribution >= 0.6 is 0 Å². The highest BCUT2D eigenvalue weighted by atomic mass is 16.2. The van der Waals surface area contributed by atoms with Crippen molar-refractivity contribution in [2.75, 3.05) is 6.54 Å². The minimum Gasteiger partial charge on any atom is -0.312 e. The summed E-state index contributed by atoms with van der Waals surface area (Å²) in [4.78, 5) is 22.9. The fourth-order valence-corrected chi connectivity index (χ4v) is 2.15. The van der Waals surface area contributed by atoms with Gasteiger partial charge in [0, 0.05) is 6.54 Å². The third-order valence-corrected chi connectivity index (χ3v) is 3.02. The van der Waals surface area contributed by atoms with Crippen LogP contribution in [0.4, 0.5) is 0 Å². The van der Waals surface area contributed by atoms with E-state index in [4.69, 9.17) is 0 Å². The number of nitrogens with one attached hydrogen (secondary N) is 3. The van der Waals surface area contributed by atoms with Gasteiger partial charge in [-0.25, -0.2) is 24.4 Å². The molecule has 0 amide bonds. The van der Waals surface area contributed by atoms with Gasteiger partial charge in [-0.1, -0.05) is 6.07 Å². The molecule has 6 heteroatoms. The highest BCUT2D eigenvalue weighted by Gasteiger charge is 2.11. The lowest BCUT2D eigenvalue weighted by Crippen LogP contribution is -2.27. The zero-order valence-corrected chi connectivity index (χ0v) is 9.12. The Kier molecular flexibility index (Phi) is 2.22. The number of hydrogen-bond donors (Lipinski definition) is 3. The van der Waals surface area contributed by atoms with Gasteiger partial charge in [0.2, 0.25) is 0 Å². The molecule has 17 heavy (non-hydrogen) atoms. The first-order chi connectivity index (χ1) is 8.25. The Balaban J connectivity index is 2.17. The van der Waals surface area contributed by atoms with E-state index in [1.807, 2.05) is 12.1 Å². The molecule has 6 nitrogen and oxygen atoms in total. The van der Waals surface area contributed by atoms with Crippen molar-refractivity contribution in [2.24, 2.45) is 0 Å². The number of rotatable bonds is 1. The number of aromatic amines is 2. The Morgan fingerprint density at radius 1 is 1.06 bits per heavy atom. The normalized spacial score (nSPS) is 14.6. The molecule has 2 aromatic rings. The first-order valence-electron chi connectivity index (χ1n) is 5.48. The molecule has 0 fully saturated rings. The second-order valence-electron chi connectivity index (χ2n) is 4.08. The van der Waals surface area contributed by atoms with Gasteiger partial charge >= 0.3 is 11.4 Å². The third kappa shape index (κ3) is 1.62. The van der Waals surface area contributed by atoms with Crippen molar-refractivity contribution in [1.82, 2.24) is 20.1 Å². The topological polar surface area (TPSA) is 82.7 Å². The number of aromatic nitrogens is 3. The van der Waals surface area contributed by atoms with Crippen LogP contribution in [-0.4, -0.2) is 21.3 Å². The fourth-order valence-electron chi connectivity index (χ4n) is 2.15. The standard InChI is InChI=1S/C11H12N4O2/c16-10-13-14-11(17)15(10)9-2-1-7-3-4-12-6-8(7)5-9/h1-2,5,12H,3-4,6H2,(H,13,16)(H,14,17). The van der Waals surface area contributed by atoms with Gasteiger partial charge < -0.3 is 5.32 Å². The van der Waals surface area contributed by atoms with Gasteiger partial charge in [0.15, 0.2) is 0 Å². The Labute approximate surface area is 96.3 Å². The van der Waals surface area contributed by atoms with Crippen molar-refractivity contribution in [1.29, 1.82) is 0 Å². The summed E-state index contributed by atoms with van der Waals surface area (Å²) in [6.45, 7) is 1.75. The molecule has 0 unspecified atom stereocenters. The molecule has 0 saturated heterocycles. The molecular formula is C11H12N4O2. The van der Waals surface area contributed by atoms with Gasteiger partial charge in [-0.15, -0.1) is 0 Å². The van der Waals surface area contributed by atoms with E-state index in [2.05, 4.69) is 15.5 Å². The van der Waals surface area contributed by atoms with Crippen LogP contribution in [0.3, 0.4) is 0 Å². The molecule has 1 aromatic heterocycles. The lowest BCUT2D eigenvalue weighted by molar-refractivity contribution is 0.643. The molecule has 1 aliphatic heterocycles. The van der Waals surface area contributed by atoms with Crippen LogP contribution in [0.2, 0.25) is 0 Å². The van der Waals surface area contributed by atoms with Crippen LogP contribution in [0.1, 0.15) is 11.1 Å². The maximum atomic E-state index is 11.5. The predicted octanol–water partition coefficient (Wildman–Crippen LogP) is -0.500. The van der Waals surface area contributed by atoms with Crippen molar-refractivity contribution in [3.05, 3.63) is 50.3 Å². The summed E-state index contributed by atoms with van der Waals surface area (Å²) < 4.78 is 1.09. The average molecular weight is 232 g/mol. The van der Waals surface area contributed by atoms with E-state index in [1.54, 1.807) is 6.07 Å². The van der Waals surface area contributed by atoms with Crippen LogP contribution in [0.15, 0.2) is 27.8 Å². The van der Waals surface area contributed by atoms with E-state index in [1.165, 1.54) is 5.56 Å². The molecule has 1 aromatic carbocycles. The van der Waals surface area contributed by atoms with Gasteiger partial charge in [0.05, 0.1) is 5.69 Å². The highest BCUT2D eigenvalue weighted by Crippen LogP contribution is 2.16. The maximum absolute atomic E-state index is 11.5. The van der Waals surface area contributed by atoms with Gasteiger partial charge in [-0.3, -0.25) is 0 Å². The van der Waals surface area contributed by atoms with Crippen LogP contribution in [0.25, 0.3) is 5.69 Å². The quantitative estimate of drug-likeness (QED) is 0.620. The number of hydrogen-bond acceptors (Lipinski definition) is 3. The molecule has 88 valence electrons. The largest absolute Gasteiger partial charge is 0.348 e. The fraction of sp³-hybridized carbons (Fsp3) is 0.273. The summed E-state index contributed by atoms with van der Waals surface area (Å²) in [5.41, 5.74) is 2.12. The predicted molar refractivity (Wildman–Crippen MR) is 62.4 cm³/mol. The Bertz CT molecular complexity index is 637. The summed E-state index contributed by atoms with van der Waals surface area (Å²) in [5, 5.41) is 7.80. The van der Waals surface area contributed by atoms with Crippen LogP contribution in [0.5, 0.6) is 0 Å². The van der Waals surface area contributed by atoms with E-state index in [-0.39, 0.29) is 0 Å².